The molecule has 0 unspecified atom stereocenters. The van der Waals surface area contributed by atoms with Crippen LogP contribution in [0, 0.1) is 11.3 Å². The van der Waals surface area contributed by atoms with Gasteiger partial charge in [0.25, 0.3) is 0 Å². The maximum Gasteiger partial charge on any atom is 0.316 e. The summed E-state index contributed by atoms with van der Waals surface area (Å²) in [4.78, 5) is 12.4. The van der Waals surface area contributed by atoms with E-state index in [0.717, 1.165) is 0 Å². The summed E-state index contributed by atoms with van der Waals surface area (Å²) in [6, 6.07) is 1.84. The SMILES string of the molecule is CNC(=O)N(C)CCNCC#N. The summed E-state index contributed by atoms with van der Waals surface area (Å²) in [5.41, 5.74) is 0. The predicted octanol–water partition coefficient (Wildman–Crippen LogP) is -0.629. The van der Waals surface area contributed by atoms with Crippen molar-refractivity contribution >= 4 is 6.03 Å². The van der Waals surface area contributed by atoms with Crippen molar-refractivity contribution in [2.45, 2.75) is 0 Å². The van der Waals surface area contributed by atoms with Crippen molar-refractivity contribution in [2.24, 2.45) is 0 Å². The molecule has 0 aromatic rings. The number of hydrogen-bond acceptors (Lipinski definition) is 3. The molecule has 0 aliphatic carbocycles. The van der Waals surface area contributed by atoms with Crippen LogP contribution in [-0.2, 0) is 0 Å². The van der Waals surface area contributed by atoms with E-state index in [9.17, 15) is 4.79 Å². The lowest BCUT2D eigenvalue weighted by molar-refractivity contribution is 0.211. The molecule has 0 fully saturated rings. The minimum atomic E-state index is -0.117. The second-order valence-electron chi connectivity index (χ2n) is 2.31. The first-order valence-electron chi connectivity index (χ1n) is 3.73. The highest BCUT2D eigenvalue weighted by Crippen LogP contribution is 1.80. The quantitative estimate of drug-likeness (QED) is 0.436. The lowest BCUT2D eigenvalue weighted by Gasteiger charge is -2.15. The van der Waals surface area contributed by atoms with Crippen LogP contribution in [0.4, 0.5) is 4.79 Å². The molecule has 2 N–H and O–H groups in total. The van der Waals surface area contributed by atoms with Crippen molar-refractivity contribution in [3.05, 3.63) is 0 Å². The standard InChI is InChI=1S/C7H14N4O/c1-9-7(12)11(2)6-5-10-4-3-8/h10H,4-6H2,1-2H3,(H,9,12). The van der Waals surface area contributed by atoms with Crippen molar-refractivity contribution in [1.82, 2.24) is 15.5 Å². The van der Waals surface area contributed by atoms with Gasteiger partial charge in [-0.15, -0.1) is 0 Å². The van der Waals surface area contributed by atoms with E-state index >= 15 is 0 Å². The van der Waals surface area contributed by atoms with E-state index < -0.39 is 0 Å². The van der Waals surface area contributed by atoms with Gasteiger partial charge in [-0.2, -0.15) is 5.26 Å². The lowest BCUT2D eigenvalue weighted by atomic mass is 10.5. The number of hydrogen-bond donors (Lipinski definition) is 2. The minimum Gasteiger partial charge on any atom is -0.341 e. The van der Waals surface area contributed by atoms with E-state index in [-0.39, 0.29) is 6.03 Å². The Kier molecular flexibility index (Phi) is 5.75. The minimum absolute atomic E-state index is 0.117. The van der Waals surface area contributed by atoms with Crippen molar-refractivity contribution in [1.29, 1.82) is 5.26 Å². The number of likely N-dealkylation sites (N-methyl/N-ethyl adjacent to an activating group) is 1. The number of rotatable bonds is 4. The molecule has 0 bridgehead atoms. The summed E-state index contributed by atoms with van der Waals surface area (Å²) in [6.07, 6.45) is 0. The molecule has 5 nitrogen and oxygen atoms in total. The van der Waals surface area contributed by atoms with Gasteiger partial charge >= 0.3 is 6.03 Å². The first kappa shape index (κ1) is 10.7. The Bertz CT molecular complexity index is 175. The van der Waals surface area contributed by atoms with Crippen LogP contribution in [-0.4, -0.2) is 44.7 Å². The number of carbonyl (C=O) groups is 1. The number of carbonyl (C=O) groups excluding carboxylic acids is 1. The van der Waals surface area contributed by atoms with Gasteiger partial charge in [-0.3, -0.25) is 0 Å². The van der Waals surface area contributed by atoms with Crippen LogP contribution < -0.4 is 10.6 Å². The summed E-state index contributed by atoms with van der Waals surface area (Å²) in [7, 11) is 3.29. The fourth-order valence-electron chi connectivity index (χ4n) is 0.683. The molecule has 0 spiro atoms. The van der Waals surface area contributed by atoms with Crippen LogP contribution in [0.5, 0.6) is 0 Å². The Morgan fingerprint density at radius 3 is 2.83 bits per heavy atom. The van der Waals surface area contributed by atoms with Crippen LogP contribution in [0.1, 0.15) is 0 Å². The van der Waals surface area contributed by atoms with Gasteiger partial charge in [0, 0.05) is 27.2 Å². The second-order valence-corrected chi connectivity index (χ2v) is 2.31. The Labute approximate surface area is 72.3 Å². The first-order chi connectivity index (χ1) is 5.72. The normalized spacial score (nSPS) is 8.75. The van der Waals surface area contributed by atoms with Crippen molar-refractivity contribution < 1.29 is 4.79 Å². The molecule has 2 amide bonds. The Balaban J connectivity index is 3.38. The molecular formula is C7H14N4O. The third-order valence-electron chi connectivity index (χ3n) is 1.39. The lowest BCUT2D eigenvalue weighted by Crippen LogP contribution is -2.39. The summed E-state index contributed by atoms with van der Waals surface area (Å²) >= 11 is 0. The van der Waals surface area contributed by atoms with Crippen molar-refractivity contribution in [3.8, 4) is 6.07 Å². The van der Waals surface area contributed by atoms with E-state index in [1.165, 1.54) is 0 Å². The molecule has 0 aliphatic rings. The van der Waals surface area contributed by atoms with Gasteiger partial charge in [0.1, 0.15) is 0 Å². The molecule has 12 heavy (non-hydrogen) atoms. The van der Waals surface area contributed by atoms with Crippen LogP contribution in [0.25, 0.3) is 0 Å². The van der Waals surface area contributed by atoms with Gasteiger partial charge < -0.3 is 15.5 Å². The van der Waals surface area contributed by atoms with Crippen LogP contribution in [0.2, 0.25) is 0 Å². The average molecular weight is 170 g/mol. The monoisotopic (exact) mass is 170 g/mol. The van der Waals surface area contributed by atoms with Gasteiger partial charge in [-0.1, -0.05) is 0 Å². The number of urea groups is 1. The number of nitriles is 1. The van der Waals surface area contributed by atoms with Gasteiger partial charge in [-0.05, 0) is 0 Å². The van der Waals surface area contributed by atoms with E-state index in [1.54, 1.807) is 19.0 Å². The molecule has 0 saturated carbocycles. The van der Waals surface area contributed by atoms with Crippen LogP contribution in [0.15, 0.2) is 0 Å². The van der Waals surface area contributed by atoms with Gasteiger partial charge in [-0.25, -0.2) is 4.79 Å². The molecular weight excluding hydrogens is 156 g/mol. The number of nitrogens with one attached hydrogen (secondary N) is 2. The van der Waals surface area contributed by atoms with Gasteiger partial charge in [0.2, 0.25) is 0 Å². The topological polar surface area (TPSA) is 68.2 Å². The zero-order valence-electron chi connectivity index (χ0n) is 7.42. The Morgan fingerprint density at radius 2 is 2.33 bits per heavy atom. The van der Waals surface area contributed by atoms with E-state index in [4.69, 9.17) is 5.26 Å². The van der Waals surface area contributed by atoms with Gasteiger partial charge in [0.15, 0.2) is 0 Å². The van der Waals surface area contributed by atoms with E-state index in [2.05, 4.69) is 10.6 Å². The molecule has 0 rings (SSSR count). The zero-order valence-corrected chi connectivity index (χ0v) is 7.42. The molecule has 0 aromatic heterocycles. The summed E-state index contributed by atoms with van der Waals surface area (Å²) in [6.45, 7) is 1.56. The summed E-state index contributed by atoms with van der Waals surface area (Å²) in [5.74, 6) is 0. The molecule has 0 saturated heterocycles. The van der Waals surface area contributed by atoms with E-state index in [0.29, 0.717) is 19.6 Å². The largest absolute Gasteiger partial charge is 0.341 e. The first-order valence-corrected chi connectivity index (χ1v) is 3.73. The maximum atomic E-state index is 10.9. The Hall–Kier alpha value is -1.28. The molecule has 0 radical (unpaired) electrons. The maximum absolute atomic E-state index is 10.9. The molecule has 5 heteroatoms. The van der Waals surface area contributed by atoms with Crippen LogP contribution >= 0.6 is 0 Å². The third-order valence-corrected chi connectivity index (χ3v) is 1.39. The highest BCUT2D eigenvalue weighted by atomic mass is 16.2. The smallest absolute Gasteiger partial charge is 0.316 e. The Morgan fingerprint density at radius 1 is 1.67 bits per heavy atom. The van der Waals surface area contributed by atoms with Crippen molar-refractivity contribution in [2.75, 3.05) is 33.7 Å². The van der Waals surface area contributed by atoms with Crippen molar-refractivity contribution in [3.63, 3.8) is 0 Å². The zero-order chi connectivity index (χ0) is 9.40. The summed E-state index contributed by atoms with van der Waals surface area (Å²) < 4.78 is 0. The van der Waals surface area contributed by atoms with E-state index in [1.807, 2.05) is 6.07 Å². The second kappa shape index (κ2) is 6.43. The third kappa shape index (κ3) is 4.52. The molecule has 68 valence electrons. The molecule has 0 aromatic carbocycles. The highest BCUT2D eigenvalue weighted by molar-refractivity contribution is 5.73. The fraction of sp³-hybridized carbons (Fsp3) is 0.714. The molecule has 0 atom stereocenters. The number of nitrogens with zero attached hydrogens (tertiary/aromatic N) is 2. The summed E-state index contributed by atoms with van der Waals surface area (Å²) in [5, 5.41) is 13.5. The predicted molar refractivity (Wildman–Crippen MR) is 45.6 cm³/mol. The average Bonchev–Trinajstić information content (AvgIpc) is 2.10. The molecule has 0 aliphatic heterocycles. The molecule has 0 heterocycles. The number of amides is 2. The highest BCUT2D eigenvalue weighted by Gasteiger charge is 2.03. The fourth-order valence-corrected chi connectivity index (χ4v) is 0.683. The van der Waals surface area contributed by atoms with Gasteiger partial charge in [0.05, 0.1) is 12.6 Å². The van der Waals surface area contributed by atoms with Crippen LogP contribution in [0.3, 0.4) is 0 Å².